The second kappa shape index (κ2) is 8.53. The predicted octanol–water partition coefficient (Wildman–Crippen LogP) is 6.16. The number of aromatic nitrogens is 5. The fourth-order valence-corrected chi connectivity index (χ4v) is 4.71. The minimum atomic E-state index is 0.136. The Kier molecular flexibility index (Phi) is 6.00. The second-order valence-corrected chi connectivity index (χ2v) is 10.4. The highest BCUT2D eigenvalue weighted by atomic mass is 32.2. The summed E-state index contributed by atoms with van der Waals surface area (Å²) in [5.74, 6) is 3.12. The molecule has 2 heterocycles. The highest BCUT2D eigenvalue weighted by Crippen LogP contribution is 2.37. The summed E-state index contributed by atoms with van der Waals surface area (Å²) in [6, 6.07) is 9.23. The molecule has 0 spiro atoms. The van der Waals surface area contributed by atoms with E-state index in [2.05, 4.69) is 83.8 Å². The van der Waals surface area contributed by atoms with Crippen LogP contribution in [-0.2, 0) is 11.2 Å². The first-order chi connectivity index (χ1) is 14.3. The molecular formula is C23H31N5OS. The van der Waals surface area contributed by atoms with Gasteiger partial charge in [0.15, 0.2) is 11.0 Å². The Bertz CT molecular complexity index is 978. The maximum Gasteiger partial charge on any atom is 0.226 e. The fourth-order valence-electron chi connectivity index (χ4n) is 3.87. The second-order valence-electron chi connectivity index (χ2n) is 9.42. The van der Waals surface area contributed by atoms with Crippen LogP contribution in [0.15, 0.2) is 33.8 Å². The van der Waals surface area contributed by atoms with E-state index in [-0.39, 0.29) is 11.3 Å². The standard InChI is InChI=1S/C23H31N5OS/c1-15(2)21-26-24-19(29-21)14-30-22-27-25-20(28(22)18-8-6-7-9-18)16-10-12-17(13-11-16)23(3,4)5/h10-13,15,18H,6-9,14H2,1-5H3. The normalized spacial score (nSPS) is 15.4. The van der Waals surface area contributed by atoms with Gasteiger partial charge in [-0.3, -0.25) is 4.57 Å². The number of hydrogen-bond donors (Lipinski definition) is 0. The SMILES string of the molecule is CC(C)c1nnc(CSc2nnc(-c3ccc(C(C)(C)C)cc3)n2C2CCCC2)o1. The number of hydrogen-bond acceptors (Lipinski definition) is 6. The van der Waals surface area contributed by atoms with Gasteiger partial charge in [-0.25, -0.2) is 0 Å². The van der Waals surface area contributed by atoms with Crippen molar-refractivity contribution in [2.75, 3.05) is 0 Å². The largest absolute Gasteiger partial charge is 0.424 e. The minimum absolute atomic E-state index is 0.136. The average molecular weight is 426 g/mol. The van der Waals surface area contributed by atoms with E-state index in [1.165, 1.54) is 31.2 Å². The topological polar surface area (TPSA) is 69.6 Å². The van der Waals surface area contributed by atoms with Gasteiger partial charge in [0.05, 0.1) is 5.75 Å². The van der Waals surface area contributed by atoms with Gasteiger partial charge in [-0.2, -0.15) is 0 Å². The van der Waals surface area contributed by atoms with E-state index in [1.54, 1.807) is 11.8 Å². The van der Waals surface area contributed by atoms with E-state index >= 15 is 0 Å². The van der Waals surface area contributed by atoms with E-state index in [9.17, 15) is 0 Å². The molecule has 0 N–H and O–H groups in total. The van der Waals surface area contributed by atoms with E-state index in [1.807, 2.05) is 0 Å². The molecule has 1 aliphatic carbocycles. The lowest BCUT2D eigenvalue weighted by Crippen LogP contribution is -2.11. The van der Waals surface area contributed by atoms with Crippen molar-refractivity contribution in [3.63, 3.8) is 0 Å². The first-order valence-electron chi connectivity index (χ1n) is 10.8. The van der Waals surface area contributed by atoms with Crippen molar-refractivity contribution in [1.82, 2.24) is 25.0 Å². The van der Waals surface area contributed by atoms with E-state index in [0.717, 1.165) is 16.5 Å². The van der Waals surface area contributed by atoms with Crippen LogP contribution in [-0.4, -0.2) is 25.0 Å². The van der Waals surface area contributed by atoms with Crippen LogP contribution in [0.4, 0.5) is 0 Å². The van der Waals surface area contributed by atoms with Crippen molar-refractivity contribution in [1.29, 1.82) is 0 Å². The van der Waals surface area contributed by atoms with E-state index < -0.39 is 0 Å². The third kappa shape index (κ3) is 4.46. The zero-order valence-electron chi connectivity index (χ0n) is 18.6. The summed E-state index contributed by atoms with van der Waals surface area (Å²) in [4.78, 5) is 0. The number of thioether (sulfide) groups is 1. The van der Waals surface area contributed by atoms with Crippen LogP contribution < -0.4 is 0 Å². The van der Waals surface area contributed by atoms with Gasteiger partial charge in [0.25, 0.3) is 0 Å². The molecule has 1 aromatic carbocycles. The van der Waals surface area contributed by atoms with E-state index in [4.69, 9.17) is 4.42 Å². The van der Waals surface area contributed by atoms with Gasteiger partial charge < -0.3 is 4.42 Å². The van der Waals surface area contributed by atoms with Crippen LogP contribution >= 0.6 is 11.8 Å². The maximum absolute atomic E-state index is 5.77. The molecule has 160 valence electrons. The Morgan fingerprint density at radius 1 is 1.03 bits per heavy atom. The third-order valence-electron chi connectivity index (χ3n) is 5.66. The molecule has 1 saturated carbocycles. The zero-order chi connectivity index (χ0) is 21.3. The van der Waals surface area contributed by atoms with Crippen molar-refractivity contribution in [3.05, 3.63) is 41.6 Å². The quantitative estimate of drug-likeness (QED) is 0.441. The van der Waals surface area contributed by atoms with Gasteiger partial charge in [0.2, 0.25) is 11.8 Å². The number of benzene rings is 1. The van der Waals surface area contributed by atoms with Crippen molar-refractivity contribution >= 4 is 11.8 Å². The lowest BCUT2D eigenvalue weighted by Gasteiger charge is -2.20. The van der Waals surface area contributed by atoms with Crippen LogP contribution in [0.2, 0.25) is 0 Å². The smallest absolute Gasteiger partial charge is 0.226 e. The molecule has 6 nitrogen and oxygen atoms in total. The van der Waals surface area contributed by atoms with Gasteiger partial charge in [0.1, 0.15) is 0 Å². The molecule has 0 unspecified atom stereocenters. The Balaban J connectivity index is 1.60. The molecule has 0 bridgehead atoms. The molecule has 0 amide bonds. The molecule has 0 saturated heterocycles. The molecule has 4 rings (SSSR count). The molecule has 7 heteroatoms. The molecule has 0 atom stereocenters. The Hall–Kier alpha value is -2.15. The molecule has 1 fully saturated rings. The van der Waals surface area contributed by atoms with Crippen molar-refractivity contribution in [2.45, 2.75) is 88.6 Å². The summed E-state index contributed by atoms with van der Waals surface area (Å²) in [7, 11) is 0. The molecule has 3 aromatic rings. The van der Waals surface area contributed by atoms with Gasteiger partial charge in [0, 0.05) is 17.5 Å². The molecule has 1 aliphatic rings. The van der Waals surface area contributed by atoms with Crippen LogP contribution in [0.5, 0.6) is 0 Å². The van der Waals surface area contributed by atoms with E-state index in [0.29, 0.717) is 23.6 Å². The fraction of sp³-hybridized carbons (Fsp3) is 0.565. The molecule has 2 aromatic heterocycles. The molecule has 0 radical (unpaired) electrons. The Morgan fingerprint density at radius 2 is 1.73 bits per heavy atom. The number of rotatable bonds is 6. The van der Waals surface area contributed by atoms with Gasteiger partial charge in [-0.15, -0.1) is 20.4 Å². The first-order valence-corrected chi connectivity index (χ1v) is 11.8. The molecule has 30 heavy (non-hydrogen) atoms. The summed E-state index contributed by atoms with van der Waals surface area (Å²) >= 11 is 1.63. The lowest BCUT2D eigenvalue weighted by atomic mass is 9.86. The summed E-state index contributed by atoms with van der Waals surface area (Å²) in [5.41, 5.74) is 2.58. The van der Waals surface area contributed by atoms with Gasteiger partial charge in [-0.1, -0.05) is 83.5 Å². The summed E-state index contributed by atoms with van der Waals surface area (Å²) in [6.45, 7) is 10.8. The monoisotopic (exact) mass is 425 g/mol. The third-order valence-corrected chi connectivity index (χ3v) is 6.59. The van der Waals surface area contributed by atoms with Crippen molar-refractivity contribution < 1.29 is 4.42 Å². The average Bonchev–Trinajstić information content (AvgIpc) is 3.45. The zero-order valence-corrected chi connectivity index (χ0v) is 19.4. The highest BCUT2D eigenvalue weighted by Gasteiger charge is 2.25. The Morgan fingerprint density at radius 3 is 2.33 bits per heavy atom. The maximum atomic E-state index is 5.77. The molecule has 0 aliphatic heterocycles. The van der Waals surface area contributed by atoms with Crippen molar-refractivity contribution in [2.24, 2.45) is 0 Å². The van der Waals surface area contributed by atoms with Crippen LogP contribution in [0.3, 0.4) is 0 Å². The van der Waals surface area contributed by atoms with Crippen LogP contribution in [0, 0.1) is 0 Å². The summed E-state index contributed by atoms with van der Waals surface area (Å²) in [5, 5.41) is 18.4. The lowest BCUT2D eigenvalue weighted by molar-refractivity contribution is 0.444. The minimum Gasteiger partial charge on any atom is -0.424 e. The van der Waals surface area contributed by atoms with Crippen LogP contribution in [0.25, 0.3) is 11.4 Å². The van der Waals surface area contributed by atoms with Crippen LogP contribution in [0.1, 0.15) is 89.6 Å². The summed E-state index contributed by atoms with van der Waals surface area (Å²) in [6.07, 6.45) is 4.88. The molecular weight excluding hydrogens is 394 g/mol. The first kappa shape index (κ1) is 21.1. The van der Waals surface area contributed by atoms with Gasteiger partial charge in [-0.05, 0) is 23.8 Å². The van der Waals surface area contributed by atoms with Crippen molar-refractivity contribution in [3.8, 4) is 11.4 Å². The summed E-state index contributed by atoms with van der Waals surface area (Å²) < 4.78 is 8.10. The van der Waals surface area contributed by atoms with Gasteiger partial charge >= 0.3 is 0 Å². The predicted molar refractivity (Wildman–Crippen MR) is 120 cm³/mol. The highest BCUT2D eigenvalue weighted by molar-refractivity contribution is 7.98. The Labute approximate surface area is 182 Å². The number of nitrogens with zero attached hydrogens (tertiary/aromatic N) is 5.